The van der Waals surface area contributed by atoms with Crippen LogP contribution in [0, 0.1) is 11.6 Å². The zero-order valence-corrected chi connectivity index (χ0v) is 14.3. The maximum atomic E-state index is 13.7. The molecule has 0 N–H and O–H groups in total. The molecule has 0 saturated heterocycles. The summed E-state index contributed by atoms with van der Waals surface area (Å²) in [5.41, 5.74) is 0.607. The Morgan fingerprint density at radius 2 is 1.50 bits per heavy atom. The highest BCUT2D eigenvalue weighted by atomic mass is 19.1. The highest BCUT2D eigenvalue weighted by Gasteiger charge is 2.35. The fourth-order valence-electron chi connectivity index (χ4n) is 2.95. The van der Waals surface area contributed by atoms with Gasteiger partial charge in [-0.3, -0.25) is 9.69 Å². The monoisotopic (exact) mass is 378 g/mol. The molecule has 0 aromatic heterocycles. The fraction of sp³-hybridized carbons (Fsp3) is 0. The van der Waals surface area contributed by atoms with E-state index in [1.165, 1.54) is 4.90 Å². The van der Waals surface area contributed by atoms with Crippen molar-refractivity contribution < 1.29 is 23.2 Å². The van der Waals surface area contributed by atoms with E-state index in [0.29, 0.717) is 16.9 Å². The summed E-state index contributed by atoms with van der Waals surface area (Å²) in [6.45, 7) is 0. The summed E-state index contributed by atoms with van der Waals surface area (Å²) < 4.78 is 27.5. The first kappa shape index (κ1) is 17.5. The van der Waals surface area contributed by atoms with E-state index in [9.17, 15) is 18.4 Å². The Hall–Kier alpha value is -3.87. The third-order valence-corrected chi connectivity index (χ3v) is 4.21. The van der Waals surface area contributed by atoms with Crippen molar-refractivity contribution >= 4 is 29.0 Å². The van der Waals surface area contributed by atoms with Crippen molar-refractivity contribution in [1.29, 1.82) is 0 Å². The standard InChI is InChI=1S/C21H12F2N2O3/c22-15-10-6-11-16(23)18(15)21(27)28-24-19-14-9-4-5-12-17(14)25(20(19)26)13-7-2-1-3-8-13/h1-12H/b24-19+. The van der Waals surface area contributed by atoms with E-state index in [2.05, 4.69) is 5.16 Å². The molecule has 28 heavy (non-hydrogen) atoms. The second kappa shape index (κ2) is 7.03. The first-order chi connectivity index (χ1) is 13.6. The van der Waals surface area contributed by atoms with Gasteiger partial charge in [-0.25, -0.2) is 13.6 Å². The number of rotatable bonds is 3. The fourth-order valence-corrected chi connectivity index (χ4v) is 2.95. The lowest BCUT2D eigenvalue weighted by molar-refractivity contribution is -0.111. The van der Waals surface area contributed by atoms with E-state index in [1.807, 2.05) is 6.07 Å². The average molecular weight is 378 g/mol. The van der Waals surface area contributed by atoms with Gasteiger partial charge in [-0.1, -0.05) is 47.6 Å². The third kappa shape index (κ3) is 2.92. The van der Waals surface area contributed by atoms with E-state index in [0.717, 1.165) is 18.2 Å². The van der Waals surface area contributed by atoms with Crippen LogP contribution in [0.1, 0.15) is 15.9 Å². The van der Waals surface area contributed by atoms with Crippen molar-refractivity contribution in [3.63, 3.8) is 0 Å². The number of hydrogen-bond donors (Lipinski definition) is 0. The minimum absolute atomic E-state index is 0.135. The van der Waals surface area contributed by atoms with E-state index in [4.69, 9.17) is 4.84 Å². The lowest BCUT2D eigenvalue weighted by Gasteiger charge is -2.16. The molecule has 0 saturated carbocycles. The number of benzene rings is 3. The number of carbonyl (C=O) groups excluding carboxylic acids is 2. The van der Waals surface area contributed by atoms with Gasteiger partial charge in [0, 0.05) is 11.3 Å². The smallest absolute Gasteiger partial charge is 0.312 e. The Bertz CT molecular complexity index is 1090. The second-order valence-electron chi connectivity index (χ2n) is 5.91. The number of fused-ring (bicyclic) bond motifs is 1. The quantitative estimate of drug-likeness (QED) is 0.507. The number of halogens is 2. The Labute approximate surface area is 158 Å². The number of amides is 1. The predicted octanol–water partition coefficient (Wildman–Crippen LogP) is 4.20. The molecule has 1 amide bonds. The van der Waals surface area contributed by atoms with E-state index < -0.39 is 29.1 Å². The zero-order chi connectivity index (χ0) is 19.7. The Balaban J connectivity index is 1.70. The van der Waals surface area contributed by atoms with Crippen LogP contribution in [0.3, 0.4) is 0 Å². The van der Waals surface area contributed by atoms with Crippen molar-refractivity contribution in [3.8, 4) is 0 Å². The summed E-state index contributed by atoms with van der Waals surface area (Å²) in [7, 11) is 0. The van der Waals surface area contributed by atoms with Crippen LogP contribution in [0.4, 0.5) is 20.2 Å². The van der Waals surface area contributed by atoms with Gasteiger partial charge in [0.2, 0.25) is 0 Å². The summed E-state index contributed by atoms with van der Waals surface area (Å²) in [5, 5.41) is 3.62. The van der Waals surface area contributed by atoms with Crippen LogP contribution in [-0.4, -0.2) is 17.6 Å². The minimum Gasteiger partial charge on any atom is -0.312 e. The van der Waals surface area contributed by atoms with Gasteiger partial charge in [0.25, 0.3) is 5.91 Å². The molecule has 5 nitrogen and oxygen atoms in total. The molecule has 7 heteroatoms. The molecule has 0 atom stereocenters. The first-order valence-electron chi connectivity index (χ1n) is 8.30. The summed E-state index contributed by atoms with van der Waals surface area (Å²) >= 11 is 0. The molecule has 0 fully saturated rings. The van der Waals surface area contributed by atoms with Crippen molar-refractivity contribution in [3.05, 3.63) is 95.6 Å². The molecule has 0 radical (unpaired) electrons. The van der Waals surface area contributed by atoms with Crippen LogP contribution < -0.4 is 4.90 Å². The van der Waals surface area contributed by atoms with Gasteiger partial charge >= 0.3 is 5.97 Å². The molecule has 4 rings (SSSR count). The molecule has 1 aliphatic rings. The topological polar surface area (TPSA) is 59.0 Å². The molecular weight excluding hydrogens is 366 g/mol. The summed E-state index contributed by atoms with van der Waals surface area (Å²) in [6, 6.07) is 18.7. The molecule has 0 spiro atoms. The van der Waals surface area contributed by atoms with Crippen LogP contribution in [0.5, 0.6) is 0 Å². The Morgan fingerprint density at radius 3 is 2.21 bits per heavy atom. The second-order valence-corrected chi connectivity index (χ2v) is 5.91. The number of anilines is 2. The van der Waals surface area contributed by atoms with Crippen molar-refractivity contribution in [1.82, 2.24) is 0 Å². The van der Waals surface area contributed by atoms with E-state index in [-0.39, 0.29) is 5.71 Å². The molecule has 138 valence electrons. The summed E-state index contributed by atoms with van der Waals surface area (Å²) in [4.78, 5) is 31.1. The van der Waals surface area contributed by atoms with Gasteiger partial charge in [-0.2, -0.15) is 0 Å². The number of oxime groups is 1. The van der Waals surface area contributed by atoms with Gasteiger partial charge in [0.05, 0.1) is 5.69 Å². The molecule has 3 aromatic carbocycles. The van der Waals surface area contributed by atoms with Gasteiger partial charge in [0.15, 0.2) is 5.71 Å². The van der Waals surface area contributed by atoms with Crippen molar-refractivity contribution in [2.45, 2.75) is 0 Å². The molecule has 0 aliphatic carbocycles. The van der Waals surface area contributed by atoms with Crippen LogP contribution in [0.2, 0.25) is 0 Å². The predicted molar refractivity (Wildman–Crippen MR) is 98.3 cm³/mol. The molecule has 1 heterocycles. The molecule has 3 aromatic rings. The number of nitrogens with zero attached hydrogens (tertiary/aromatic N) is 2. The first-order valence-corrected chi connectivity index (χ1v) is 8.30. The van der Waals surface area contributed by atoms with Crippen molar-refractivity contribution in [2.24, 2.45) is 5.16 Å². The van der Waals surface area contributed by atoms with Gasteiger partial charge in [0.1, 0.15) is 17.2 Å². The summed E-state index contributed by atoms with van der Waals surface area (Å²) in [5.74, 6) is -4.00. The number of hydrogen-bond acceptors (Lipinski definition) is 4. The van der Waals surface area contributed by atoms with Crippen LogP contribution in [0.15, 0.2) is 78.0 Å². The molecular formula is C21H12F2N2O3. The Morgan fingerprint density at radius 1 is 0.857 bits per heavy atom. The highest BCUT2D eigenvalue weighted by Crippen LogP contribution is 2.35. The van der Waals surface area contributed by atoms with Crippen molar-refractivity contribution in [2.75, 3.05) is 4.90 Å². The number of para-hydroxylation sites is 2. The molecule has 0 bridgehead atoms. The van der Waals surface area contributed by atoms with Gasteiger partial charge < -0.3 is 4.84 Å². The summed E-state index contributed by atoms with van der Waals surface area (Å²) in [6.07, 6.45) is 0. The Kier molecular flexibility index (Phi) is 4.41. The molecule has 0 unspecified atom stereocenters. The van der Waals surface area contributed by atoms with E-state index in [1.54, 1.807) is 48.5 Å². The maximum absolute atomic E-state index is 13.7. The average Bonchev–Trinajstić information content (AvgIpc) is 2.98. The number of carbonyl (C=O) groups is 2. The lowest BCUT2D eigenvalue weighted by atomic mass is 10.1. The normalized spacial score (nSPS) is 14.3. The zero-order valence-electron chi connectivity index (χ0n) is 14.3. The SMILES string of the molecule is O=C(O/N=C1/C(=O)N(c2ccccc2)c2ccccc21)c1c(F)cccc1F. The maximum Gasteiger partial charge on any atom is 0.371 e. The molecule has 1 aliphatic heterocycles. The van der Waals surface area contributed by atoms with Crippen LogP contribution >= 0.6 is 0 Å². The third-order valence-electron chi connectivity index (χ3n) is 4.21. The van der Waals surface area contributed by atoms with E-state index >= 15 is 0 Å². The minimum atomic E-state index is -1.33. The van der Waals surface area contributed by atoms with Gasteiger partial charge in [-0.05, 0) is 30.3 Å². The highest BCUT2D eigenvalue weighted by molar-refractivity contribution is 6.55. The van der Waals surface area contributed by atoms with Crippen LogP contribution in [0.25, 0.3) is 0 Å². The largest absolute Gasteiger partial charge is 0.371 e. The lowest BCUT2D eigenvalue weighted by Crippen LogP contribution is -2.25. The van der Waals surface area contributed by atoms with Gasteiger partial charge in [-0.15, -0.1) is 0 Å². The van der Waals surface area contributed by atoms with Crippen LogP contribution in [-0.2, 0) is 9.63 Å².